The second-order valence-corrected chi connectivity index (χ2v) is 7.54. The van der Waals surface area contributed by atoms with Crippen LogP contribution in [-0.2, 0) is 0 Å². The Labute approximate surface area is 169 Å². The van der Waals surface area contributed by atoms with Crippen molar-refractivity contribution in [3.05, 3.63) is 66.9 Å². The van der Waals surface area contributed by atoms with E-state index >= 15 is 0 Å². The van der Waals surface area contributed by atoms with Gasteiger partial charge in [-0.2, -0.15) is 0 Å². The molecule has 0 saturated carbocycles. The van der Waals surface area contributed by atoms with Crippen LogP contribution in [0, 0.1) is 18.6 Å². The standard InChI is InChI=1S/C16H9Br2Cl2F2N3/c1-7-15(10-3-2-9(21)6-13(10)22)25(16(18)23-7)24-14-11(17)4-8(19)5-12(14)20/h2-6,24H,1H3. The van der Waals surface area contributed by atoms with Gasteiger partial charge in [-0.3, -0.25) is 5.43 Å². The molecule has 1 aromatic heterocycles. The van der Waals surface area contributed by atoms with Crippen LogP contribution >= 0.6 is 55.1 Å². The SMILES string of the molecule is Cc1nc(Br)n(Nc2c(Cl)cc(Cl)cc2Br)c1-c1ccc(F)cc1F. The number of nitrogens with one attached hydrogen (secondary N) is 1. The summed E-state index contributed by atoms with van der Waals surface area (Å²) in [6, 6.07) is 6.62. The van der Waals surface area contributed by atoms with E-state index in [1.54, 1.807) is 19.1 Å². The van der Waals surface area contributed by atoms with Crippen molar-refractivity contribution in [2.24, 2.45) is 0 Å². The van der Waals surface area contributed by atoms with Gasteiger partial charge in [0.05, 0.1) is 22.1 Å². The maximum absolute atomic E-state index is 14.3. The average molecular weight is 512 g/mol. The van der Waals surface area contributed by atoms with Crippen LogP contribution < -0.4 is 5.43 Å². The summed E-state index contributed by atoms with van der Waals surface area (Å²) < 4.78 is 30.1. The molecule has 0 saturated heterocycles. The molecular formula is C16H9Br2Cl2F2N3. The fourth-order valence-electron chi connectivity index (χ4n) is 2.36. The lowest BCUT2D eigenvalue weighted by atomic mass is 10.1. The molecule has 0 spiro atoms. The number of aromatic nitrogens is 2. The third kappa shape index (κ3) is 3.69. The van der Waals surface area contributed by atoms with Crippen molar-refractivity contribution in [2.75, 3.05) is 5.43 Å². The summed E-state index contributed by atoms with van der Waals surface area (Å²) in [6.45, 7) is 1.72. The highest BCUT2D eigenvalue weighted by molar-refractivity contribution is 9.10. The van der Waals surface area contributed by atoms with Crippen LogP contribution in [0.3, 0.4) is 0 Å². The second kappa shape index (κ2) is 7.23. The number of anilines is 1. The van der Waals surface area contributed by atoms with Gasteiger partial charge >= 0.3 is 0 Å². The molecule has 0 amide bonds. The Balaban J connectivity index is 2.16. The summed E-state index contributed by atoms with van der Waals surface area (Å²) in [7, 11) is 0. The van der Waals surface area contributed by atoms with E-state index in [1.807, 2.05) is 0 Å². The molecule has 3 aromatic rings. The third-order valence-electron chi connectivity index (χ3n) is 3.43. The lowest BCUT2D eigenvalue weighted by molar-refractivity contribution is 0.584. The largest absolute Gasteiger partial charge is 0.289 e. The van der Waals surface area contributed by atoms with E-state index in [2.05, 4.69) is 42.3 Å². The van der Waals surface area contributed by atoms with Crippen LogP contribution in [0.2, 0.25) is 10.0 Å². The van der Waals surface area contributed by atoms with E-state index in [0.717, 1.165) is 6.07 Å². The summed E-state index contributed by atoms with van der Waals surface area (Å²) in [5.41, 5.74) is 4.78. The fourth-order valence-corrected chi connectivity index (χ4v) is 4.22. The van der Waals surface area contributed by atoms with Crippen LogP contribution in [0.1, 0.15) is 5.69 Å². The van der Waals surface area contributed by atoms with Gasteiger partial charge in [0.2, 0.25) is 0 Å². The first-order valence-electron chi connectivity index (χ1n) is 6.89. The van der Waals surface area contributed by atoms with Crippen molar-refractivity contribution in [3.63, 3.8) is 0 Å². The Morgan fingerprint density at radius 2 is 1.84 bits per heavy atom. The molecule has 0 radical (unpaired) electrons. The molecule has 3 nitrogen and oxygen atoms in total. The van der Waals surface area contributed by atoms with E-state index < -0.39 is 11.6 Å². The zero-order valence-electron chi connectivity index (χ0n) is 12.5. The topological polar surface area (TPSA) is 29.9 Å². The molecule has 1 heterocycles. The van der Waals surface area contributed by atoms with Crippen molar-refractivity contribution in [1.82, 2.24) is 9.66 Å². The third-order valence-corrected chi connectivity index (χ3v) is 5.10. The van der Waals surface area contributed by atoms with Gasteiger partial charge in [0, 0.05) is 21.1 Å². The number of hydrogen-bond donors (Lipinski definition) is 1. The van der Waals surface area contributed by atoms with E-state index in [1.165, 1.54) is 16.8 Å². The van der Waals surface area contributed by atoms with Crippen LogP contribution in [0.4, 0.5) is 14.5 Å². The number of rotatable bonds is 3. The van der Waals surface area contributed by atoms with Gasteiger partial charge in [0.1, 0.15) is 11.6 Å². The van der Waals surface area contributed by atoms with Crippen molar-refractivity contribution in [2.45, 2.75) is 6.92 Å². The number of aryl methyl sites for hydroxylation is 1. The summed E-state index contributed by atoms with van der Waals surface area (Å²) in [5, 5.41) is 0.830. The lowest BCUT2D eigenvalue weighted by Gasteiger charge is -2.16. The quantitative estimate of drug-likeness (QED) is 0.417. The maximum atomic E-state index is 14.3. The zero-order chi connectivity index (χ0) is 18.3. The smallest absolute Gasteiger partial charge is 0.196 e. The lowest BCUT2D eigenvalue weighted by Crippen LogP contribution is -2.12. The number of imidazole rings is 1. The Morgan fingerprint density at radius 1 is 1.12 bits per heavy atom. The van der Waals surface area contributed by atoms with Gasteiger partial charge in [-0.05, 0) is 63.0 Å². The molecule has 0 aliphatic heterocycles. The van der Waals surface area contributed by atoms with Crippen molar-refractivity contribution >= 4 is 60.7 Å². The molecule has 0 aliphatic carbocycles. The molecule has 2 aromatic carbocycles. The molecule has 9 heteroatoms. The van der Waals surface area contributed by atoms with E-state index in [-0.39, 0.29) is 5.56 Å². The molecule has 25 heavy (non-hydrogen) atoms. The summed E-state index contributed by atoms with van der Waals surface area (Å²) >= 11 is 18.9. The number of nitrogens with zero attached hydrogens (tertiary/aromatic N) is 2. The predicted octanol–water partition coefficient (Wildman–Crippen LogP) is 6.84. The van der Waals surface area contributed by atoms with E-state index in [4.69, 9.17) is 23.2 Å². The highest BCUT2D eigenvalue weighted by Crippen LogP contribution is 2.36. The molecule has 1 N–H and O–H groups in total. The van der Waals surface area contributed by atoms with Gasteiger partial charge in [-0.1, -0.05) is 23.2 Å². The monoisotopic (exact) mass is 509 g/mol. The highest BCUT2D eigenvalue weighted by atomic mass is 79.9. The van der Waals surface area contributed by atoms with Gasteiger partial charge in [0.25, 0.3) is 0 Å². The van der Waals surface area contributed by atoms with Crippen LogP contribution in [0.15, 0.2) is 39.5 Å². The minimum atomic E-state index is -0.695. The first kappa shape index (κ1) is 18.6. The molecule has 130 valence electrons. The van der Waals surface area contributed by atoms with Gasteiger partial charge in [0.15, 0.2) is 4.73 Å². The van der Waals surface area contributed by atoms with E-state index in [0.29, 0.717) is 36.3 Å². The normalized spacial score (nSPS) is 11.0. The predicted molar refractivity (Wildman–Crippen MR) is 103 cm³/mol. The number of benzene rings is 2. The molecule has 0 fully saturated rings. The van der Waals surface area contributed by atoms with Crippen LogP contribution in [-0.4, -0.2) is 9.66 Å². The van der Waals surface area contributed by atoms with Crippen molar-refractivity contribution in [3.8, 4) is 11.3 Å². The second-order valence-electron chi connectivity index (χ2n) is 5.13. The van der Waals surface area contributed by atoms with Gasteiger partial charge in [-0.25, -0.2) is 18.4 Å². The van der Waals surface area contributed by atoms with Gasteiger partial charge in [-0.15, -0.1) is 0 Å². The number of halogens is 6. The minimum absolute atomic E-state index is 0.200. The maximum Gasteiger partial charge on any atom is 0.196 e. The summed E-state index contributed by atoms with van der Waals surface area (Å²) in [6.07, 6.45) is 0. The number of hydrogen-bond acceptors (Lipinski definition) is 2. The van der Waals surface area contributed by atoms with Gasteiger partial charge < -0.3 is 0 Å². The first-order valence-corrected chi connectivity index (χ1v) is 9.24. The minimum Gasteiger partial charge on any atom is -0.289 e. The van der Waals surface area contributed by atoms with Crippen molar-refractivity contribution < 1.29 is 8.78 Å². The Morgan fingerprint density at radius 3 is 2.48 bits per heavy atom. The van der Waals surface area contributed by atoms with E-state index in [9.17, 15) is 8.78 Å². The Bertz CT molecular complexity index is 953. The molecule has 0 atom stereocenters. The first-order chi connectivity index (χ1) is 11.8. The Kier molecular flexibility index (Phi) is 5.39. The zero-order valence-corrected chi connectivity index (χ0v) is 17.2. The molecule has 0 unspecified atom stereocenters. The summed E-state index contributed by atoms with van der Waals surface area (Å²) in [4.78, 5) is 4.30. The Hall–Kier alpha value is -1.15. The summed E-state index contributed by atoms with van der Waals surface area (Å²) in [5.74, 6) is -1.35. The fraction of sp³-hybridized carbons (Fsp3) is 0.0625. The van der Waals surface area contributed by atoms with Crippen LogP contribution in [0.25, 0.3) is 11.3 Å². The highest BCUT2D eigenvalue weighted by Gasteiger charge is 2.20. The molecular weight excluding hydrogens is 503 g/mol. The molecule has 3 rings (SSSR count). The van der Waals surface area contributed by atoms with Crippen LogP contribution in [0.5, 0.6) is 0 Å². The average Bonchev–Trinajstić information content (AvgIpc) is 2.77. The molecule has 0 bridgehead atoms. The van der Waals surface area contributed by atoms with Crippen molar-refractivity contribution in [1.29, 1.82) is 0 Å². The molecule has 0 aliphatic rings.